The van der Waals surface area contributed by atoms with Gasteiger partial charge in [0.15, 0.2) is 0 Å². The molecule has 0 fully saturated rings. The minimum Gasteiger partial charge on any atom is -0.480 e. The smallest absolute Gasteiger partial charge is 0.327 e. The van der Waals surface area contributed by atoms with E-state index in [0.29, 0.717) is 6.42 Å². The summed E-state index contributed by atoms with van der Waals surface area (Å²) in [6.45, 7) is 2.85. The van der Waals surface area contributed by atoms with Crippen molar-refractivity contribution >= 4 is 42.2 Å². The molecule has 4 amide bonds. The number of carbonyl (C=O) groups excluding carboxylic acids is 4. The molecule has 172 valence electrons. The third-order valence-corrected chi connectivity index (χ3v) is 4.80. The predicted molar refractivity (Wildman–Crippen MR) is 110 cm³/mol. The average Bonchev–Trinajstić information content (AvgIpc) is 2.70. The molecule has 0 aliphatic carbocycles. The maximum atomic E-state index is 12.8. The Morgan fingerprint density at radius 1 is 1.00 bits per heavy atom. The van der Waals surface area contributed by atoms with Gasteiger partial charge in [0.05, 0.1) is 6.61 Å². The van der Waals surface area contributed by atoms with Crippen LogP contribution in [0.4, 0.5) is 0 Å². The van der Waals surface area contributed by atoms with E-state index >= 15 is 0 Å². The van der Waals surface area contributed by atoms with E-state index in [1.54, 1.807) is 13.8 Å². The van der Waals surface area contributed by atoms with Gasteiger partial charge in [-0.1, -0.05) is 20.3 Å². The van der Waals surface area contributed by atoms with Crippen LogP contribution in [0.5, 0.6) is 0 Å². The molecule has 0 saturated heterocycles. The van der Waals surface area contributed by atoms with Gasteiger partial charge in [-0.15, -0.1) is 0 Å². The summed E-state index contributed by atoms with van der Waals surface area (Å²) >= 11 is 3.85. The fourth-order valence-corrected chi connectivity index (χ4v) is 2.57. The van der Waals surface area contributed by atoms with Crippen molar-refractivity contribution in [3.8, 4) is 0 Å². The van der Waals surface area contributed by atoms with Crippen molar-refractivity contribution in [3.63, 3.8) is 0 Å². The summed E-state index contributed by atoms with van der Waals surface area (Å²) in [5, 5.41) is 25.2. The van der Waals surface area contributed by atoms with Crippen LogP contribution in [0.3, 0.4) is 0 Å². The van der Waals surface area contributed by atoms with Crippen molar-refractivity contribution in [2.75, 3.05) is 12.4 Å². The molecule has 0 aromatic carbocycles. The first-order valence-corrected chi connectivity index (χ1v) is 10.0. The second-order valence-electron chi connectivity index (χ2n) is 6.81. The van der Waals surface area contributed by atoms with E-state index in [1.807, 2.05) is 0 Å². The SMILES string of the molecule is CCC(C)C(NC(=O)C(N)CO)C(=O)NC(CCC(N)=O)C(=O)NC(CS)C(=O)O. The van der Waals surface area contributed by atoms with Crippen LogP contribution in [0.1, 0.15) is 33.1 Å². The fraction of sp³-hybridized carbons (Fsp3) is 0.706. The minimum atomic E-state index is -1.32. The fourth-order valence-electron chi connectivity index (χ4n) is 2.32. The minimum absolute atomic E-state index is 0.177. The van der Waals surface area contributed by atoms with E-state index in [9.17, 15) is 24.0 Å². The highest BCUT2D eigenvalue weighted by molar-refractivity contribution is 7.80. The largest absolute Gasteiger partial charge is 0.480 e. The number of aliphatic hydroxyl groups excluding tert-OH is 1. The third-order valence-electron chi connectivity index (χ3n) is 4.44. The van der Waals surface area contributed by atoms with Gasteiger partial charge in [-0.2, -0.15) is 12.6 Å². The summed E-state index contributed by atoms with van der Waals surface area (Å²) in [7, 11) is 0. The predicted octanol–water partition coefficient (Wildman–Crippen LogP) is -2.91. The normalized spacial score (nSPS) is 15.8. The van der Waals surface area contributed by atoms with Gasteiger partial charge in [0, 0.05) is 12.2 Å². The molecule has 0 aliphatic heterocycles. The Bertz CT molecular complexity index is 634. The highest BCUT2D eigenvalue weighted by Crippen LogP contribution is 2.10. The highest BCUT2D eigenvalue weighted by Gasteiger charge is 2.32. The van der Waals surface area contributed by atoms with Gasteiger partial charge >= 0.3 is 5.97 Å². The summed E-state index contributed by atoms with van der Waals surface area (Å²) in [5.41, 5.74) is 10.6. The Labute approximate surface area is 179 Å². The van der Waals surface area contributed by atoms with E-state index < -0.39 is 60.4 Å². The number of rotatable bonds is 14. The number of carboxylic acids is 1. The van der Waals surface area contributed by atoms with Gasteiger partial charge in [-0.05, 0) is 12.3 Å². The van der Waals surface area contributed by atoms with Gasteiger partial charge in [-0.25, -0.2) is 4.79 Å². The molecule has 0 bridgehead atoms. The number of thiol groups is 1. The number of carboxylic acid groups (broad SMARTS) is 1. The summed E-state index contributed by atoms with van der Waals surface area (Å²) < 4.78 is 0. The Hall–Kier alpha value is -2.38. The number of aliphatic carboxylic acids is 1. The molecule has 0 saturated carbocycles. The molecule has 0 aliphatic rings. The number of hydrogen-bond acceptors (Lipinski definition) is 8. The monoisotopic (exact) mass is 449 g/mol. The maximum absolute atomic E-state index is 12.8. The zero-order valence-corrected chi connectivity index (χ0v) is 17.9. The van der Waals surface area contributed by atoms with E-state index in [4.69, 9.17) is 21.7 Å². The first-order chi connectivity index (χ1) is 14.0. The number of nitrogens with two attached hydrogens (primary N) is 2. The highest BCUT2D eigenvalue weighted by atomic mass is 32.1. The molecule has 5 unspecified atom stereocenters. The average molecular weight is 450 g/mol. The lowest BCUT2D eigenvalue weighted by Gasteiger charge is -2.27. The maximum Gasteiger partial charge on any atom is 0.327 e. The van der Waals surface area contributed by atoms with Gasteiger partial charge in [-0.3, -0.25) is 19.2 Å². The van der Waals surface area contributed by atoms with Crippen molar-refractivity contribution < 1.29 is 34.2 Å². The Balaban J connectivity index is 5.49. The summed E-state index contributed by atoms with van der Waals surface area (Å²) in [6.07, 6.45) is 0.0709. The number of nitrogens with one attached hydrogen (secondary N) is 3. The van der Waals surface area contributed by atoms with Crippen LogP contribution in [0.25, 0.3) is 0 Å². The number of hydrogen-bond donors (Lipinski definition) is 8. The molecule has 13 heteroatoms. The first-order valence-electron chi connectivity index (χ1n) is 9.37. The van der Waals surface area contributed by atoms with Crippen LogP contribution in [-0.2, 0) is 24.0 Å². The number of carbonyl (C=O) groups is 5. The zero-order chi connectivity index (χ0) is 23.4. The van der Waals surface area contributed by atoms with Crippen LogP contribution in [0.2, 0.25) is 0 Å². The lowest BCUT2D eigenvalue weighted by atomic mass is 9.97. The molecule has 0 aromatic heterocycles. The van der Waals surface area contributed by atoms with Crippen LogP contribution in [-0.4, -0.2) is 76.3 Å². The Morgan fingerprint density at radius 2 is 1.57 bits per heavy atom. The lowest BCUT2D eigenvalue weighted by molar-refractivity contribution is -0.141. The van der Waals surface area contributed by atoms with Gasteiger partial charge in [0.1, 0.15) is 24.2 Å². The summed E-state index contributed by atoms with van der Waals surface area (Å²) in [5.74, 6) is -4.91. The van der Waals surface area contributed by atoms with E-state index in [2.05, 4.69) is 28.6 Å². The first kappa shape index (κ1) is 27.6. The van der Waals surface area contributed by atoms with Crippen LogP contribution in [0.15, 0.2) is 0 Å². The Kier molecular flexibility index (Phi) is 12.7. The van der Waals surface area contributed by atoms with Crippen molar-refractivity contribution in [2.24, 2.45) is 17.4 Å². The number of amides is 4. The molecule has 0 heterocycles. The van der Waals surface area contributed by atoms with Gasteiger partial charge in [0.2, 0.25) is 23.6 Å². The molecular weight excluding hydrogens is 418 g/mol. The molecule has 0 aromatic rings. The van der Waals surface area contributed by atoms with Gasteiger partial charge in [0.25, 0.3) is 0 Å². The topological polar surface area (TPSA) is 214 Å². The van der Waals surface area contributed by atoms with Gasteiger partial charge < -0.3 is 37.6 Å². The van der Waals surface area contributed by atoms with E-state index in [1.165, 1.54) is 0 Å². The zero-order valence-electron chi connectivity index (χ0n) is 17.0. The standard InChI is InChI=1S/C17H31N5O7S/c1-3-8(2)13(22-14(25)9(18)6-23)16(27)20-10(4-5-12(19)24)15(26)21-11(7-30)17(28)29/h8-11,13,23,30H,3-7,18H2,1-2H3,(H2,19,24)(H,20,27)(H,21,26)(H,22,25)(H,28,29). The van der Waals surface area contributed by atoms with E-state index in [-0.39, 0.29) is 24.5 Å². The van der Waals surface area contributed by atoms with Crippen LogP contribution in [0, 0.1) is 5.92 Å². The molecular formula is C17H31N5O7S. The molecule has 30 heavy (non-hydrogen) atoms. The van der Waals surface area contributed by atoms with Crippen molar-refractivity contribution in [1.82, 2.24) is 16.0 Å². The summed E-state index contributed by atoms with van der Waals surface area (Å²) in [4.78, 5) is 59.5. The quantitative estimate of drug-likeness (QED) is 0.128. The molecule has 5 atom stereocenters. The number of aliphatic hydroxyl groups is 1. The van der Waals surface area contributed by atoms with Crippen LogP contribution >= 0.6 is 12.6 Å². The van der Waals surface area contributed by atoms with E-state index in [0.717, 1.165) is 0 Å². The van der Waals surface area contributed by atoms with Crippen molar-refractivity contribution in [1.29, 1.82) is 0 Å². The molecule has 0 radical (unpaired) electrons. The Morgan fingerprint density at radius 3 is 2.00 bits per heavy atom. The molecule has 12 nitrogen and oxygen atoms in total. The third kappa shape index (κ3) is 9.41. The number of primary amides is 1. The second kappa shape index (κ2) is 13.8. The second-order valence-corrected chi connectivity index (χ2v) is 7.17. The van der Waals surface area contributed by atoms with Crippen molar-refractivity contribution in [2.45, 2.75) is 57.3 Å². The molecule has 0 rings (SSSR count). The van der Waals surface area contributed by atoms with Crippen LogP contribution < -0.4 is 27.4 Å². The lowest BCUT2D eigenvalue weighted by Crippen LogP contribution is -2.59. The molecule has 0 spiro atoms. The summed E-state index contributed by atoms with van der Waals surface area (Å²) in [6, 6.07) is -4.89. The van der Waals surface area contributed by atoms with Crippen molar-refractivity contribution in [3.05, 3.63) is 0 Å². The molecule has 9 N–H and O–H groups in total.